The lowest BCUT2D eigenvalue weighted by Gasteiger charge is -2.10. The van der Waals surface area contributed by atoms with Gasteiger partial charge in [0.15, 0.2) is 0 Å². The van der Waals surface area contributed by atoms with E-state index in [0.717, 1.165) is 30.6 Å². The SMILES string of the molecule is Cc1cnc(F)cc1CC1CCNC1. The molecule has 0 bridgehead atoms. The number of aromatic nitrogens is 1. The van der Waals surface area contributed by atoms with E-state index in [1.807, 2.05) is 6.92 Å². The molecule has 0 spiro atoms. The van der Waals surface area contributed by atoms with Gasteiger partial charge in [-0.05, 0) is 56.0 Å². The molecule has 1 saturated heterocycles. The molecule has 1 unspecified atom stereocenters. The van der Waals surface area contributed by atoms with Gasteiger partial charge in [0.2, 0.25) is 5.95 Å². The van der Waals surface area contributed by atoms with Crippen LogP contribution >= 0.6 is 0 Å². The van der Waals surface area contributed by atoms with E-state index in [1.54, 1.807) is 12.3 Å². The number of nitrogens with zero attached hydrogens (tertiary/aromatic N) is 1. The fourth-order valence-electron chi connectivity index (χ4n) is 1.96. The molecule has 1 atom stereocenters. The summed E-state index contributed by atoms with van der Waals surface area (Å²) in [5.74, 6) is 0.298. The molecule has 1 aliphatic rings. The second kappa shape index (κ2) is 4.05. The van der Waals surface area contributed by atoms with Crippen molar-refractivity contribution in [3.63, 3.8) is 0 Å². The van der Waals surface area contributed by atoms with Crippen LogP contribution in [0.25, 0.3) is 0 Å². The predicted molar refractivity (Wildman–Crippen MR) is 53.6 cm³/mol. The summed E-state index contributed by atoms with van der Waals surface area (Å²) in [6, 6.07) is 1.56. The van der Waals surface area contributed by atoms with Gasteiger partial charge >= 0.3 is 0 Å². The highest BCUT2D eigenvalue weighted by Gasteiger charge is 2.16. The minimum Gasteiger partial charge on any atom is -0.316 e. The highest BCUT2D eigenvalue weighted by Crippen LogP contribution is 2.17. The minimum atomic E-state index is -0.364. The summed E-state index contributed by atoms with van der Waals surface area (Å²) in [5.41, 5.74) is 2.20. The molecule has 3 heteroatoms. The predicted octanol–water partition coefficient (Wildman–Crippen LogP) is 1.68. The van der Waals surface area contributed by atoms with Crippen LogP contribution in [0, 0.1) is 18.8 Å². The van der Waals surface area contributed by atoms with Crippen LogP contribution in [0.3, 0.4) is 0 Å². The van der Waals surface area contributed by atoms with Crippen molar-refractivity contribution in [1.82, 2.24) is 10.3 Å². The topological polar surface area (TPSA) is 24.9 Å². The summed E-state index contributed by atoms with van der Waals surface area (Å²) in [6.45, 7) is 4.14. The molecule has 1 aromatic heterocycles. The van der Waals surface area contributed by atoms with Gasteiger partial charge in [0.1, 0.15) is 0 Å². The highest BCUT2D eigenvalue weighted by atomic mass is 19.1. The van der Waals surface area contributed by atoms with Crippen molar-refractivity contribution in [3.8, 4) is 0 Å². The van der Waals surface area contributed by atoms with Crippen molar-refractivity contribution in [2.75, 3.05) is 13.1 Å². The second-order valence-corrected chi connectivity index (χ2v) is 4.00. The Morgan fingerprint density at radius 3 is 3.21 bits per heavy atom. The zero-order valence-electron chi connectivity index (χ0n) is 8.39. The van der Waals surface area contributed by atoms with E-state index >= 15 is 0 Å². The number of pyridine rings is 1. The van der Waals surface area contributed by atoms with Gasteiger partial charge in [-0.2, -0.15) is 4.39 Å². The largest absolute Gasteiger partial charge is 0.316 e. The Morgan fingerprint density at radius 2 is 2.50 bits per heavy atom. The first-order valence-electron chi connectivity index (χ1n) is 5.07. The lowest BCUT2D eigenvalue weighted by Crippen LogP contribution is -2.11. The molecule has 1 aliphatic heterocycles. The van der Waals surface area contributed by atoms with Gasteiger partial charge in [0, 0.05) is 6.20 Å². The van der Waals surface area contributed by atoms with Gasteiger partial charge in [-0.1, -0.05) is 0 Å². The maximum atomic E-state index is 12.9. The minimum absolute atomic E-state index is 0.364. The average Bonchev–Trinajstić information content (AvgIpc) is 2.64. The molecule has 2 nitrogen and oxygen atoms in total. The molecular formula is C11H15FN2. The van der Waals surface area contributed by atoms with Crippen molar-refractivity contribution in [3.05, 3.63) is 29.3 Å². The van der Waals surface area contributed by atoms with Crippen molar-refractivity contribution >= 4 is 0 Å². The molecule has 0 aromatic carbocycles. The zero-order chi connectivity index (χ0) is 9.97. The molecule has 1 aromatic rings. The fraction of sp³-hybridized carbons (Fsp3) is 0.545. The second-order valence-electron chi connectivity index (χ2n) is 4.00. The smallest absolute Gasteiger partial charge is 0.213 e. The zero-order valence-corrected chi connectivity index (χ0v) is 8.39. The lowest BCUT2D eigenvalue weighted by atomic mass is 9.97. The highest BCUT2D eigenvalue weighted by molar-refractivity contribution is 5.22. The Balaban J connectivity index is 2.10. The Kier molecular flexibility index (Phi) is 2.77. The van der Waals surface area contributed by atoms with E-state index in [0.29, 0.717) is 5.92 Å². The molecule has 2 rings (SSSR count). The third kappa shape index (κ3) is 2.10. The third-order valence-electron chi connectivity index (χ3n) is 2.85. The first-order chi connectivity index (χ1) is 6.75. The van der Waals surface area contributed by atoms with Gasteiger partial charge < -0.3 is 5.32 Å². The van der Waals surface area contributed by atoms with Crippen LogP contribution in [0.4, 0.5) is 4.39 Å². The molecule has 14 heavy (non-hydrogen) atoms. The van der Waals surface area contributed by atoms with E-state index in [4.69, 9.17) is 0 Å². The van der Waals surface area contributed by atoms with E-state index in [1.165, 1.54) is 6.42 Å². The molecule has 76 valence electrons. The lowest BCUT2D eigenvalue weighted by molar-refractivity contribution is 0.557. The number of halogens is 1. The molecular weight excluding hydrogens is 179 g/mol. The van der Waals surface area contributed by atoms with Crippen LogP contribution in [0.2, 0.25) is 0 Å². The van der Waals surface area contributed by atoms with Crippen LogP contribution in [-0.4, -0.2) is 18.1 Å². The molecule has 2 heterocycles. The van der Waals surface area contributed by atoms with Crippen LogP contribution < -0.4 is 5.32 Å². The molecule has 1 N–H and O–H groups in total. The summed E-state index contributed by atoms with van der Waals surface area (Å²) in [6.07, 6.45) is 3.79. The fourth-order valence-corrected chi connectivity index (χ4v) is 1.96. The maximum absolute atomic E-state index is 12.9. The van der Waals surface area contributed by atoms with Crippen molar-refractivity contribution in [2.45, 2.75) is 19.8 Å². The van der Waals surface area contributed by atoms with Crippen molar-refractivity contribution in [1.29, 1.82) is 0 Å². The third-order valence-corrected chi connectivity index (χ3v) is 2.85. The summed E-state index contributed by atoms with van der Waals surface area (Å²) in [4.78, 5) is 3.63. The summed E-state index contributed by atoms with van der Waals surface area (Å²) < 4.78 is 12.9. The van der Waals surface area contributed by atoms with Crippen LogP contribution in [0.1, 0.15) is 17.5 Å². The van der Waals surface area contributed by atoms with Crippen LogP contribution in [0.15, 0.2) is 12.3 Å². The first-order valence-corrected chi connectivity index (χ1v) is 5.07. The number of aryl methyl sites for hydroxylation is 1. The van der Waals surface area contributed by atoms with E-state index in [-0.39, 0.29) is 5.95 Å². The molecule has 0 amide bonds. The molecule has 1 fully saturated rings. The summed E-state index contributed by atoms with van der Waals surface area (Å²) >= 11 is 0. The van der Waals surface area contributed by atoms with Gasteiger partial charge in [0.05, 0.1) is 0 Å². The van der Waals surface area contributed by atoms with E-state index in [9.17, 15) is 4.39 Å². The Bertz CT molecular complexity index is 319. The number of hydrogen-bond acceptors (Lipinski definition) is 2. The average molecular weight is 194 g/mol. The number of nitrogens with one attached hydrogen (secondary N) is 1. The maximum Gasteiger partial charge on any atom is 0.213 e. The van der Waals surface area contributed by atoms with Crippen molar-refractivity contribution in [2.24, 2.45) is 5.92 Å². The Morgan fingerprint density at radius 1 is 1.64 bits per heavy atom. The van der Waals surface area contributed by atoms with E-state index in [2.05, 4.69) is 10.3 Å². The molecule has 0 radical (unpaired) electrons. The number of rotatable bonds is 2. The monoisotopic (exact) mass is 194 g/mol. The molecule has 0 aliphatic carbocycles. The van der Waals surface area contributed by atoms with E-state index < -0.39 is 0 Å². The number of hydrogen-bond donors (Lipinski definition) is 1. The van der Waals surface area contributed by atoms with Gasteiger partial charge in [0.25, 0.3) is 0 Å². The normalized spacial score (nSPS) is 21.4. The van der Waals surface area contributed by atoms with Crippen LogP contribution in [0.5, 0.6) is 0 Å². The summed E-state index contributed by atoms with van der Waals surface area (Å²) in [7, 11) is 0. The van der Waals surface area contributed by atoms with Gasteiger partial charge in [-0.25, -0.2) is 4.98 Å². The van der Waals surface area contributed by atoms with Gasteiger partial charge in [-0.3, -0.25) is 0 Å². The summed E-state index contributed by atoms with van der Waals surface area (Å²) in [5, 5.41) is 3.32. The standard InChI is InChI=1S/C11H15FN2/c1-8-6-14-11(12)5-10(8)4-9-2-3-13-7-9/h5-6,9,13H,2-4,7H2,1H3. The van der Waals surface area contributed by atoms with Crippen LogP contribution in [-0.2, 0) is 6.42 Å². The van der Waals surface area contributed by atoms with Crippen molar-refractivity contribution < 1.29 is 4.39 Å². The van der Waals surface area contributed by atoms with Gasteiger partial charge in [-0.15, -0.1) is 0 Å². The Labute approximate surface area is 83.6 Å². The molecule has 0 saturated carbocycles. The first kappa shape index (κ1) is 9.59. The Hall–Kier alpha value is -0.960. The quantitative estimate of drug-likeness (QED) is 0.724.